The monoisotopic (exact) mass is 424 g/mol. The maximum Gasteiger partial charge on any atom is 0.337 e. The van der Waals surface area contributed by atoms with Gasteiger partial charge < -0.3 is 24.8 Å². The van der Waals surface area contributed by atoms with Crippen LogP contribution in [-0.4, -0.2) is 68.4 Å². The fraction of sp³-hybridized carbons (Fsp3) is 0.391. The van der Waals surface area contributed by atoms with Crippen LogP contribution >= 0.6 is 0 Å². The minimum atomic E-state index is -0.261. The van der Waals surface area contributed by atoms with Gasteiger partial charge in [-0.25, -0.2) is 9.80 Å². The molecule has 2 N–H and O–H groups in total. The van der Waals surface area contributed by atoms with E-state index in [0.717, 1.165) is 22.4 Å². The lowest BCUT2D eigenvalue weighted by molar-refractivity contribution is 0.142. The zero-order valence-electron chi connectivity index (χ0n) is 18.3. The minimum Gasteiger partial charge on any atom is -0.493 e. The number of anilines is 1. The number of benzene rings is 2. The summed E-state index contributed by atoms with van der Waals surface area (Å²) in [5.41, 5.74) is 4.57. The van der Waals surface area contributed by atoms with E-state index in [1.807, 2.05) is 43.3 Å². The van der Waals surface area contributed by atoms with E-state index in [4.69, 9.17) is 14.6 Å². The number of rotatable bonds is 4. The second-order valence-electron chi connectivity index (χ2n) is 7.87. The number of carbonyl (C=O) groups excluding carboxylic acids is 1. The predicted molar refractivity (Wildman–Crippen MR) is 119 cm³/mol. The first-order valence-corrected chi connectivity index (χ1v) is 10.3. The first-order chi connectivity index (χ1) is 14.9. The second kappa shape index (κ2) is 8.47. The highest BCUT2D eigenvalue weighted by Gasteiger charge is 2.29. The highest BCUT2D eigenvalue weighted by atomic mass is 16.5. The molecule has 0 aromatic heterocycles. The molecule has 2 aliphatic rings. The summed E-state index contributed by atoms with van der Waals surface area (Å²) in [4.78, 5) is 14.7. The summed E-state index contributed by atoms with van der Waals surface area (Å²) in [6, 6.07) is 11.5. The molecule has 1 unspecified atom stereocenters. The molecule has 164 valence electrons. The fourth-order valence-electron chi connectivity index (χ4n) is 4.04. The van der Waals surface area contributed by atoms with Crippen molar-refractivity contribution in [3.05, 3.63) is 53.1 Å². The van der Waals surface area contributed by atoms with Crippen molar-refractivity contribution < 1.29 is 19.4 Å². The van der Waals surface area contributed by atoms with Gasteiger partial charge in [-0.15, -0.1) is 0 Å². The largest absolute Gasteiger partial charge is 0.493 e. The van der Waals surface area contributed by atoms with Gasteiger partial charge in [-0.2, -0.15) is 5.10 Å². The van der Waals surface area contributed by atoms with Crippen LogP contribution in [0.15, 0.2) is 41.5 Å². The van der Waals surface area contributed by atoms with Gasteiger partial charge in [0.2, 0.25) is 0 Å². The third-order valence-electron chi connectivity index (χ3n) is 5.80. The lowest BCUT2D eigenvalue weighted by Gasteiger charge is -2.37. The fourth-order valence-corrected chi connectivity index (χ4v) is 4.04. The van der Waals surface area contributed by atoms with Crippen LogP contribution in [0.1, 0.15) is 23.6 Å². The molecule has 0 aliphatic carbocycles. The molecule has 2 aromatic carbocycles. The Kier molecular flexibility index (Phi) is 5.73. The van der Waals surface area contributed by atoms with Gasteiger partial charge in [0.25, 0.3) is 0 Å². The number of aliphatic hydroxyl groups is 1. The second-order valence-corrected chi connectivity index (χ2v) is 7.87. The molecule has 1 atom stereocenters. The Balaban J connectivity index is 1.81. The number of carbonyl (C=O) groups is 1. The first kappa shape index (κ1) is 21.0. The maximum absolute atomic E-state index is 12.6. The minimum absolute atomic E-state index is 0.142. The predicted octanol–water partition coefficient (Wildman–Crippen LogP) is 2.22. The van der Waals surface area contributed by atoms with E-state index < -0.39 is 0 Å². The molecule has 0 bridgehead atoms. The molecule has 31 heavy (non-hydrogen) atoms. The molecule has 2 amide bonds. The van der Waals surface area contributed by atoms with Gasteiger partial charge in [0.1, 0.15) is 0 Å². The van der Waals surface area contributed by atoms with Crippen LogP contribution in [-0.2, 0) is 6.42 Å². The summed E-state index contributed by atoms with van der Waals surface area (Å²) in [7, 11) is 4.82. The summed E-state index contributed by atoms with van der Waals surface area (Å²) >= 11 is 0. The number of amides is 2. The van der Waals surface area contributed by atoms with Crippen LogP contribution in [0.4, 0.5) is 10.5 Å². The number of methoxy groups -OCH3 is 2. The molecule has 2 aromatic rings. The molecule has 2 heterocycles. The Morgan fingerprint density at radius 2 is 1.77 bits per heavy atom. The van der Waals surface area contributed by atoms with Gasteiger partial charge in [-0.05, 0) is 43.2 Å². The average Bonchev–Trinajstić information content (AvgIpc) is 2.91. The molecular formula is C23H28N4O4. The smallest absolute Gasteiger partial charge is 0.337 e. The first-order valence-electron chi connectivity index (χ1n) is 10.3. The van der Waals surface area contributed by atoms with Gasteiger partial charge in [-0.1, -0.05) is 12.1 Å². The number of ether oxygens (including phenoxy) is 2. The summed E-state index contributed by atoms with van der Waals surface area (Å²) in [5.74, 6) is 1.26. The molecule has 8 nitrogen and oxygen atoms in total. The maximum atomic E-state index is 12.6. The van der Waals surface area contributed by atoms with E-state index in [9.17, 15) is 9.90 Å². The van der Waals surface area contributed by atoms with Gasteiger partial charge in [0.05, 0.1) is 32.1 Å². The molecule has 0 saturated carbocycles. The summed E-state index contributed by atoms with van der Waals surface area (Å²) in [6.45, 7) is 3.25. The molecule has 8 heteroatoms. The highest BCUT2D eigenvalue weighted by Crippen LogP contribution is 2.35. The summed E-state index contributed by atoms with van der Waals surface area (Å²) < 4.78 is 11.0. The number of hydrazone groups is 1. The highest BCUT2D eigenvalue weighted by molar-refractivity contribution is 6.14. The zero-order chi connectivity index (χ0) is 22.1. The number of aliphatic hydroxyl groups excluding tert-OH is 1. The number of fused-ring (bicyclic) bond motifs is 1. The molecule has 0 spiro atoms. The Morgan fingerprint density at radius 1 is 1.13 bits per heavy atom. The standard InChI is InChI=1S/C23H28N4O4/c1-14-9-16-10-20(30-3)21(31-4)11-19(16)22(25-27(14)23(29)24-2)15-5-7-17(8-6-15)26-12-18(28)13-26/h5-8,10-11,14,18,28H,9,12-13H2,1-4H3,(H,24,29). The van der Waals surface area contributed by atoms with E-state index in [2.05, 4.69) is 10.2 Å². The van der Waals surface area contributed by atoms with E-state index in [0.29, 0.717) is 36.7 Å². The lowest BCUT2D eigenvalue weighted by atomic mass is 9.93. The van der Waals surface area contributed by atoms with Crippen molar-refractivity contribution in [1.29, 1.82) is 0 Å². The van der Waals surface area contributed by atoms with Gasteiger partial charge in [0.15, 0.2) is 11.5 Å². The van der Waals surface area contributed by atoms with E-state index >= 15 is 0 Å². The molecule has 2 aliphatic heterocycles. The number of nitrogens with zero attached hydrogens (tertiary/aromatic N) is 3. The van der Waals surface area contributed by atoms with Gasteiger partial charge in [-0.3, -0.25) is 0 Å². The van der Waals surface area contributed by atoms with Crippen molar-refractivity contribution >= 4 is 17.4 Å². The van der Waals surface area contributed by atoms with Crippen LogP contribution in [0.5, 0.6) is 11.5 Å². The van der Waals surface area contributed by atoms with Crippen LogP contribution in [0.2, 0.25) is 0 Å². The third-order valence-corrected chi connectivity index (χ3v) is 5.80. The van der Waals surface area contributed by atoms with E-state index in [1.165, 1.54) is 5.01 Å². The number of β-amino-alcohol motifs (C(OH)–C–C–N with tert-alkyl or cyclic N) is 1. The number of nitrogens with one attached hydrogen (secondary N) is 1. The molecular weight excluding hydrogens is 396 g/mol. The summed E-state index contributed by atoms with van der Waals surface area (Å²) in [5, 5.41) is 18.5. The molecule has 1 saturated heterocycles. The molecule has 1 fully saturated rings. The van der Waals surface area contributed by atoms with Crippen molar-refractivity contribution in [1.82, 2.24) is 10.3 Å². The zero-order valence-corrected chi connectivity index (χ0v) is 18.3. The Morgan fingerprint density at radius 3 is 2.35 bits per heavy atom. The van der Waals surface area contributed by atoms with E-state index in [-0.39, 0.29) is 18.2 Å². The van der Waals surface area contributed by atoms with Gasteiger partial charge >= 0.3 is 6.03 Å². The van der Waals surface area contributed by atoms with Crippen molar-refractivity contribution in [2.45, 2.75) is 25.5 Å². The quantitative estimate of drug-likeness (QED) is 0.786. The molecule has 0 radical (unpaired) electrons. The topological polar surface area (TPSA) is 86.6 Å². The average molecular weight is 425 g/mol. The number of hydrogen-bond donors (Lipinski definition) is 2. The Bertz CT molecular complexity index is 999. The van der Waals surface area contributed by atoms with Crippen molar-refractivity contribution in [3.8, 4) is 11.5 Å². The number of hydrogen-bond acceptors (Lipinski definition) is 6. The van der Waals surface area contributed by atoms with Crippen molar-refractivity contribution in [2.24, 2.45) is 5.10 Å². The van der Waals surface area contributed by atoms with E-state index in [1.54, 1.807) is 21.3 Å². The third kappa shape index (κ3) is 3.90. The Hall–Kier alpha value is -3.26. The van der Waals surface area contributed by atoms with Crippen LogP contribution in [0.25, 0.3) is 0 Å². The molecule has 4 rings (SSSR count). The van der Waals surface area contributed by atoms with Crippen molar-refractivity contribution in [2.75, 3.05) is 39.3 Å². The Labute approximate surface area is 182 Å². The number of urea groups is 1. The summed E-state index contributed by atoms with van der Waals surface area (Å²) in [6.07, 6.45) is 0.364. The van der Waals surface area contributed by atoms with Gasteiger partial charge in [0, 0.05) is 37.0 Å². The normalized spacial score (nSPS) is 18.5. The van der Waals surface area contributed by atoms with Crippen LogP contribution in [0, 0.1) is 0 Å². The van der Waals surface area contributed by atoms with Crippen LogP contribution in [0.3, 0.4) is 0 Å². The SMILES string of the molecule is CNC(=O)N1N=C(c2ccc(N3CC(O)C3)cc2)c2cc(OC)c(OC)cc2CC1C. The lowest BCUT2D eigenvalue weighted by Crippen LogP contribution is -2.50. The van der Waals surface area contributed by atoms with Crippen LogP contribution < -0.4 is 19.7 Å². The van der Waals surface area contributed by atoms with Crippen molar-refractivity contribution in [3.63, 3.8) is 0 Å².